The van der Waals surface area contributed by atoms with Gasteiger partial charge in [0.25, 0.3) is 0 Å². The molecule has 0 fully saturated rings. The molecule has 3 nitrogen and oxygen atoms in total. The van der Waals surface area contributed by atoms with Gasteiger partial charge in [-0.25, -0.2) is 0 Å². The summed E-state index contributed by atoms with van der Waals surface area (Å²) in [5.41, 5.74) is 2.63. The van der Waals surface area contributed by atoms with Gasteiger partial charge in [0.15, 0.2) is 5.78 Å². The number of esters is 1. The topological polar surface area (TPSA) is 43.4 Å². The molecule has 0 atom stereocenters. The Hall–Kier alpha value is -1.35. The van der Waals surface area contributed by atoms with Crippen LogP contribution in [0.1, 0.15) is 40.7 Å². The van der Waals surface area contributed by atoms with Crippen molar-refractivity contribution < 1.29 is 14.3 Å². The zero-order chi connectivity index (χ0) is 13.7. The summed E-state index contributed by atoms with van der Waals surface area (Å²) in [6.45, 7) is 3.89. The summed E-state index contributed by atoms with van der Waals surface area (Å²) in [7, 11) is 1.34. The van der Waals surface area contributed by atoms with Gasteiger partial charge in [0, 0.05) is 18.4 Å². The van der Waals surface area contributed by atoms with Crippen molar-refractivity contribution in [3.63, 3.8) is 0 Å². The number of rotatable bonds is 5. The first-order valence-electron chi connectivity index (χ1n) is 5.82. The van der Waals surface area contributed by atoms with Crippen LogP contribution in [0.4, 0.5) is 0 Å². The van der Waals surface area contributed by atoms with Gasteiger partial charge in [-0.15, -0.1) is 0 Å². The van der Waals surface area contributed by atoms with Crippen molar-refractivity contribution in [2.45, 2.75) is 33.1 Å². The van der Waals surface area contributed by atoms with Crippen molar-refractivity contribution in [3.8, 4) is 0 Å². The molecule has 1 rings (SSSR count). The van der Waals surface area contributed by atoms with E-state index in [1.807, 2.05) is 13.8 Å². The molecule has 1 aromatic rings. The molecule has 1 aromatic carbocycles. The first-order chi connectivity index (χ1) is 8.45. The van der Waals surface area contributed by atoms with E-state index in [-0.39, 0.29) is 18.2 Å². The van der Waals surface area contributed by atoms with E-state index in [4.69, 9.17) is 11.6 Å². The molecule has 0 saturated carbocycles. The number of benzene rings is 1. The van der Waals surface area contributed by atoms with Gasteiger partial charge in [0.05, 0.1) is 12.1 Å². The average Bonchev–Trinajstić information content (AvgIpc) is 2.33. The number of carbonyl (C=O) groups excluding carboxylic acids is 2. The molecule has 0 saturated heterocycles. The molecular formula is C14H17ClO3. The monoisotopic (exact) mass is 268 g/mol. The van der Waals surface area contributed by atoms with Crippen molar-refractivity contribution in [3.05, 3.63) is 33.8 Å². The second-order valence-electron chi connectivity index (χ2n) is 4.27. The lowest BCUT2D eigenvalue weighted by atomic mass is 10.0. The highest BCUT2D eigenvalue weighted by molar-refractivity contribution is 6.34. The molecule has 4 heteroatoms. The summed E-state index contributed by atoms with van der Waals surface area (Å²) >= 11 is 6.05. The van der Waals surface area contributed by atoms with Gasteiger partial charge in [-0.2, -0.15) is 0 Å². The van der Waals surface area contributed by atoms with Crippen LogP contribution in [0.2, 0.25) is 5.02 Å². The third-order valence-electron chi connectivity index (χ3n) is 2.90. The van der Waals surface area contributed by atoms with Gasteiger partial charge in [-0.3, -0.25) is 9.59 Å². The van der Waals surface area contributed by atoms with Crippen LogP contribution < -0.4 is 0 Å². The maximum atomic E-state index is 12.0. The molecule has 0 radical (unpaired) electrons. The quantitative estimate of drug-likeness (QED) is 0.606. The van der Waals surface area contributed by atoms with Crippen LogP contribution in [-0.4, -0.2) is 18.9 Å². The molecule has 18 heavy (non-hydrogen) atoms. The van der Waals surface area contributed by atoms with Gasteiger partial charge in [-0.05, 0) is 43.5 Å². The zero-order valence-electron chi connectivity index (χ0n) is 10.9. The number of carbonyl (C=O) groups is 2. The number of hydrogen-bond acceptors (Lipinski definition) is 3. The summed E-state index contributed by atoms with van der Waals surface area (Å²) in [5.74, 6) is -0.332. The van der Waals surface area contributed by atoms with Crippen LogP contribution in [0.5, 0.6) is 0 Å². The molecule has 0 amide bonds. The number of ketones is 1. The number of Topliss-reactive ketones (excluding diaryl/α,β-unsaturated/α-hetero) is 1. The van der Waals surface area contributed by atoms with Gasteiger partial charge in [0.2, 0.25) is 0 Å². The second-order valence-corrected chi connectivity index (χ2v) is 4.68. The first kappa shape index (κ1) is 14.7. The highest BCUT2D eigenvalue weighted by Crippen LogP contribution is 2.22. The fourth-order valence-corrected chi connectivity index (χ4v) is 1.95. The van der Waals surface area contributed by atoms with E-state index in [0.717, 1.165) is 11.1 Å². The second kappa shape index (κ2) is 6.55. The van der Waals surface area contributed by atoms with Crippen LogP contribution in [0.15, 0.2) is 12.1 Å². The molecule has 0 aliphatic heterocycles. The Kier molecular flexibility index (Phi) is 5.35. The van der Waals surface area contributed by atoms with Crippen LogP contribution >= 0.6 is 11.6 Å². The Labute approximate surface area is 112 Å². The largest absolute Gasteiger partial charge is 0.469 e. The van der Waals surface area contributed by atoms with Gasteiger partial charge >= 0.3 is 5.97 Å². The van der Waals surface area contributed by atoms with Crippen molar-refractivity contribution in [2.24, 2.45) is 0 Å². The molecule has 0 aromatic heterocycles. The van der Waals surface area contributed by atoms with Crippen LogP contribution in [0.3, 0.4) is 0 Å². The van der Waals surface area contributed by atoms with Crippen LogP contribution in [-0.2, 0) is 9.53 Å². The van der Waals surface area contributed by atoms with Crippen molar-refractivity contribution in [1.29, 1.82) is 0 Å². The molecular weight excluding hydrogens is 252 g/mol. The standard InChI is InChI=1S/C14H17ClO3/c1-9-7-11(12(15)8-10(9)2)13(16)5-4-6-14(17)18-3/h7-8H,4-6H2,1-3H3. The Morgan fingerprint density at radius 1 is 1.17 bits per heavy atom. The van der Waals surface area contributed by atoms with E-state index in [9.17, 15) is 9.59 Å². The summed E-state index contributed by atoms with van der Waals surface area (Å²) in [6.07, 6.45) is 1.04. The Bertz CT molecular complexity index is 466. The summed E-state index contributed by atoms with van der Waals surface area (Å²) in [4.78, 5) is 22.9. The minimum absolute atomic E-state index is 0.0352. The number of halogens is 1. The highest BCUT2D eigenvalue weighted by Gasteiger charge is 2.12. The van der Waals surface area contributed by atoms with Gasteiger partial charge < -0.3 is 4.74 Å². The van der Waals surface area contributed by atoms with E-state index in [2.05, 4.69) is 4.74 Å². The number of hydrogen-bond donors (Lipinski definition) is 0. The fraction of sp³-hybridized carbons (Fsp3) is 0.429. The summed E-state index contributed by atoms with van der Waals surface area (Å²) in [5, 5.41) is 0.473. The molecule has 98 valence electrons. The van der Waals surface area contributed by atoms with Crippen molar-refractivity contribution in [1.82, 2.24) is 0 Å². The van der Waals surface area contributed by atoms with E-state index < -0.39 is 0 Å². The van der Waals surface area contributed by atoms with Crippen LogP contribution in [0, 0.1) is 13.8 Å². The maximum absolute atomic E-state index is 12.0. The highest BCUT2D eigenvalue weighted by atomic mass is 35.5. The number of methoxy groups -OCH3 is 1. The van der Waals surface area contributed by atoms with E-state index in [1.165, 1.54) is 7.11 Å². The Morgan fingerprint density at radius 2 is 1.78 bits per heavy atom. The molecule has 0 unspecified atom stereocenters. The predicted molar refractivity (Wildman–Crippen MR) is 71.1 cm³/mol. The lowest BCUT2D eigenvalue weighted by molar-refractivity contribution is -0.140. The van der Waals surface area contributed by atoms with E-state index >= 15 is 0 Å². The van der Waals surface area contributed by atoms with E-state index in [0.29, 0.717) is 23.4 Å². The lowest BCUT2D eigenvalue weighted by Gasteiger charge is -2.07. The summed E-state index contributed by atoms with van der Waals surface area (Å²) < 4.78 is 4.52. The molecule has 0 heterocycles. The Morgan fingerprint density at radius 3 is 2.39 bits per heavy atom. The number of ether oxygens (including phenoxy) is 1. The minimum atomic E-state index is -0.297. The number of aryl methyl sites for hydroxylation is 2. The smallest absolute Gasteiger partial charge is 0.305 e. The zero-order valence-corrected chi connectivity index (χ0v) is 11.6. The van der Waals surface area contributed by atoms with Gasteiger partial charge in [0.1, 0.15) is 0 Å². The molecule has 0 spiro atoms. The van der Waals surface area contributed by atoms with Gasteiger partial charge in [-0.1, -0.05) is 11.6 Å². The Balaban J connectivity index is 2.67. The predicted octanol–water partition coefficient (Wildman–Crippen LogP) is 3.48. The third-order valence-corrected chi connectivity index (χ3v) is 3.21. The molecule has 0 aliphatic carbocycles. The fourth-order valence-electron chi connectivity index (χ4n) is 1.62. The first-order valence-corrected chi connectivity index (χ1v) is 6.20. The molecule has 0 aliphatic rings. The SMILES string of the molecule is COC(=O)CCCC(=O)c1cc(C)c(C)cc1Cl. The van der Waals surface area contributed by atoms with E-state index in [1.54, 1.807) is 12.1 Å². The van der Waals surface area contributed by atoms with Crippen molar-refractivity contribution in [2.75, 3.05) is 7.11 Å². The van der Waals surface area contributed by atoms with Crippen molar-refractivity contribution >= 4 is 23.4 Å². The lowest BCUT2D eigenvalue weighted by Crippen LogP contribution is -2.05. The average molecular weight is 269 g/mol. The molecule has 0 N–H and O–H groups in total. The third kappa shape index (κ3) is 3.84. The normalized spacial score (nSPS) is 10.2. The maximum Gasteiger partial charge on any atom is 0.305 e. The van der Waals surface area contributed by atoms with Crippen LogP contribution in [0.25, 0.3) is 0 Å². The molecule has 0 bridgehead atoms. The summed E-state index contributed by atoms with van der Waals surface area (Å²) in [6, 6.07) is 3.60. The minimum Gasteiger partial charge on any atom is -0.469 e.